The summed E-state index contributed by atoms with van der Waals surface area (Å²) in [6.45, 7) is 0. The molecule has 0 aliphatic heterocycles. The summed E-state index contributed by atoms with van der Waals surface area (Å²) in [5.74, 6) is 0.0711. The highest BCUT2D eigenvalue weighted by Crippen LogP contribution is 2.36. The molecule has 1 atom stereocenters. The molecule has 90 valence electrons. The van der Waals surface area contributed by atoms with Gasteiger partial charge in [-0.15, -0.1) is 17.0 Å². The van der Waals surface area contributed by atoms with Crippen LogP contribution >= 0.6 is 17.0 Å². The molecule has 0 spiro atoms. The van der Waals surface area contributed by atoms with E-state index >= 15 is 0 Å². The highest BCUT2D eigenvalue weighted by molar-refractivity contribution is 8.93. The topological polar surface area (TPSA) is 43.7 Å². The van der Waals surface area contributed by atoms with Gasteiger partial charge in [0.2, 0.25) is 0 Å². The number of fused-ring (bicyclic) bond motifs is 1. The summed E-state index contributed by atoms with van der Waals surface area (Å²) in [4.78, 5) is 2.22. The van der Waals surface area contributed by atoms with Crippen molar-refractivity contribution in [2.75, 3.05) is 14.1 Å². The van der Waals surface area contributed by atoms with Crippen molar-refractivity contribution in [2.24, 2.45) is 0 Å². The second-order valence-corrected chi connectivity index (χ2v) is 4.43. The second kappa shape index (κ2) is 5.06. The lowest BCUT2D eigenvalue weighted by atomic mass is 9.87. The van der Waals surface area contributed by atoms with E-state index in [-0.39, 0.29) is 28.5 Å². The molecular formula is C12H18BrNO2. The average molecular weight is 288 g/mol. The Kier molecular flexibility index (Phi) is 4.21. The molecule has 3 nitrogen and oxygen atoms in total. The number of likely N-dealkylation sites (N-methyl/N-ethyl adjacent to an activating group) is 1. The van der Waals surface area contributed by atoms with Crippen LogP contribution < -0.4 is 0 Å². The molecule has 0 bridgehead atoms. The Labute approximate surface area is 106 Å². The maximum absolute atomic E-state index is 9.70. The fraction of sp³-hybridized carbons (Fsp3) is 0.500. The predicted octanol–water partition coefficient (Wildman–Crippen LogP) is 2.09. The zero-order chi connectivity index (χ0) is 11.0. The van der Waals surface area contributed by atoms with Crippen LogP contribution in [0.25, 0.3) is 0 Å². The van der Waals surface area contributed by atoms with Crippen molar-refractivity contribution in [1.29, 1.82) is 0 Å². The van der Waals surface area contributed by atoms with Crippen LogP contribution in [0.4, 0.5) is 0 Å². The SMILES string of the molecule is Br.CN(C)C1CCc2c(ccc(O)c2O)C1. The van der Waals surface area contributed by atoms with E-state index in [9.17, 15) is 10.2 Å². The minimum absolute atomic E-state index is 0. The monoisotopic (exact) mass is 287 g/mol. The summed E-state index contributed by atoms with van der Waals surface area (Å²) in [5, 5.41) is 19.1. The first kappa shape index (κ1) is 13.3. The van der Waals surface area contributed by atoms with Gasteiger partial charge >= 0.3 is 0 Å². The summed E-state index contributed by atoms with van der Waals surface area (Å²) in [6.07, 6.45) is 2.84. The first-order valence-corrected chi connectivity index (χ1v) is 5.28. The van der Waals surface area contributed by atoms with Crippen LogP contribution in [0.3, 0.4) is 0 Å². The van der Waals surface area contributed by atoms with Gasteiger partial charge in [-0.05, 0) is 45.0 Å². The third-order valence-corrected chi connectivity index (χ3v) is 3.27. The molecule has 1 aromatic carbocycles. The van der Waals surface area contributed by atoms with E-state index < -0.39 is 0 Å². The van der Waals surface area contributed by atoms with Gasteiger partial charge in [0.15, 0.2) is 11.5 Å². The molecule has 4 heteroatoms. The van der Waals surface area contributed by atoms with Gasteiger partial charge in [0.1, 0.15) is 0 Å². The molecule has 0 aromatic heterocycles. The summed E-state index contributed by atoms with van der Waals surface area (Å²) in [6, 6.07) is 4.04. The number of halogens is 1. The van der Waals surface area contributed by atoms with E-state index in [1.54, 1.807) is 6.07 Å². The van der Waals surface area contributed by atoms with E-state index in [0.29, 0.717) is 6.04 Å². The fourth-order valence-corrected chi connectivity index (χ4v) is 2.24. The molecule has 0 amide bonds. The van der Waals surface area contributed by atoms with E-state index in [4.69, 9.17) is 0 Å². The molecule has 16 heavy (non-hydrogen) atoms. The zero-order valence-electron chi connectivity index (χ0n) is 9.60. The number of aromatic hydroxyl groups is 2. The predicted molar refractivity (Wildman–Crippen MR) is 69.6 cm³/mol. The van der Waals surface area contributed by atoms with Crippen molar-refractivity contribution in [2.45, 2.75) is 25.3 Å². The van der Waals surface area contributed by atoms with Crippen LogP contribution in [0.2, 0.25) is 0 Å². The standard InChI is InChI=1S/C12H17NO2.BrH/c1-13(2)9-4-5-10-8(7-9)3-6-11(14)12(10)15;/h3,6,9,14-15H,4-5,7H2,1-2H3;1H. The molecule has 1 aromatic rings. The largest absolute Gasteiger partial charge is 0.504 e. The Morgan fingerprint density at radius 1 is 1.25 bits per heavy atom. The number of benzene rings is 1. The number of rotatable bonds is 1. The van der Waals surface area contributed by atoms with E-state index in [1.165, 1.54) is 0 Å². The lowest BCUT2D eigenvalue weighted by Crippen LogP contribution is -2.33. The van der Waals surface area contributed by atoms with Gasteiger partial charge < -0.3 is 15.1 Å². The Hall–Kier alpha value is -0.740. The van der Waals surface area contributed by atoms with Gasteiger partial charge in [-0.2, -0.15) is 0 Å². The smallest absolute Gasteiger partial charge is 0.160 e. The molecular weight excluding hydrogens is 270 g/mol. The van der Waals surface area contributed by atoms with Crippen molar-refractivity contribution in [1.82, 2.24) is 4.90 Å². The molecule has 0 saturated heterocycles. The van der Waals surface area contributed by atoms with Gasteiger partial charge in [-0.3, -0.25) is 0 Å². The van der Waals surface area contributed by atoms with Crippen LogP contribution in [0.1, 0.15) is 17.5 Å². The van der Waals surface area contributed by atoms with Crippen molar-refractivity contribution in [3.63, 3.8) is 0 Å². The summed E-state index contributed by atoms with van der Waals surface area (Å²) >= 11 is 0. The lowest BCUT2D eigenvalue weighted by Gasteiger charge is -2.30. The molecule has 2 rings (SSSR count). The van der Waals surface area contributed by atoms with E-state index in [0.717, 1.165) is 30.4 Å². The number of nitrogens with zero attached hydrogens (tertiary/aromatic N) is 1. The Morgan fingerprint density at radius 3 is 2.56 bits per heavy atom. The molecule has 0 radical (unpaired) electrons. The Morgan fingerprint density at radius 2 is 1.94 bits per heavy atom. The average Bonchev–Trinajstić information content (AvgIpc) is 2.23. The lowest BCUT2D eigenvalue weighted by molar-refractivity contribution is 0.265. The van der Waals surface area contributed by atoms with Crippen molar-refractivity contribution in [3.8, 4) is 11.5 Å². The van der Waals surface area contributed by atoms with Crippen molar-refractivity contribution < 1.29 is 10.2 Å². The molecule has 1 aliphatic rings. The number of phenols is 2. The normalized spacial score (nSPS) is 19.1. The van der Waals surface area contributed by atoms with Crippen LogP contribution in [-0.4, -0.2) is 35.3 Å². The molecule has 0 heterocycles. The first-order valence-electron chi connectivity index (χ1n) is 5.28. The minimum Gasteiger partial charge on any atom is -0.504 e. The number of hydrogen-bond acceptors (Lipinski definition) is 3. The van der Waals surface area contributed by atoms with Crippen LogP contribution in [-0.2, 0) is 12.8 Å². The van der Waals surface area contributed by atoms with Gasteiger partial charge in [0.25, 0.3) is 0 Å². The number of hydrogen-bond donors (Lipinski definition) is 2. The van der Waals surface area contributed by atoms with Crippen LogP contribution in [0.15, 0.2) is 12.1 Å². The van der Waals surface area contributed by atoms with Crippen molar-refractivity contribution in [3.05, 3.63) is 23.3 Å². The molecule has 2 N–H and O–H groups in total. The Balaban J connectivity index is 0.00000128. The van der Waals surface area contributed by atoms with Crippen LogP contribution in [0, 0.1) is 0 Å². The van der Waals surface area contributed by atoms with E-state index in [1.807, 2.05) is 6.07 Å². The summed E-state index contributed by atoms with van der Waals surface area (Å²) in [5.41, 5.74) is 2.09. The molecule has 0 fully saturated rings. The maximum Gasteiger partial charge on any atom is 0.160 e. The van der Waals surface area contributed by atoms with Gasteiger partial charge in [0, 0.05) is 11.6 Å². The second-order valence-electron chi connectivity index (χ2n) is 4.43. The summed E-state index contributed by atoms with van der Waals surface area (Å²) < 4.78 is 0. The maximum atomic E-state index is 9.70. The quantitative estimate of drug-likeness (QED) is 0.778. The van der Waals surface area contributed by atoms with Crippen LogP contribution in [0.5, 0.6) is 11.5 Å². The zero-order valence-corrected chi connectivity index (χ0v) is 11.3. The molecule has 1 unspecified atom stereocenters. The highest BCUT2D eigenvalue weighted by Gasteiger charge is 2.23. The third kappa shape index (κ3) is 2.33. The van der Waals surface area contributed by atoms with Gasteiger partial charge in [-0.25, -0.2) is 0 Å². The molecule has 1 aliphatic carbocycles. The molecule has 0 saturated carbocycles. The van der Waals surface area contributed by atoms with Gasteiger partial charge in [-0.1, -0.05) is 6.07 Å². The fourth-order valence-electron chi connectivity index (χ4n) is 2.24. The van der Waals surface area contributed by atoms with E-state index in [2.05, 4.69) is 19.0 Å². The van der Waals surface area contributed by atoms with Gasteiger partial charge in [0.05, 0.1) is 0 Å². The third-order valence-electron chi connectivity index (χ3n) is 3.27. The Bertz CT molecular complexity index is 380. The van der Waals surface area contributed by atoms with Crippen molar-refractivity contribution >= 4 is 17.0 Å². The minimum atomic E-state index is -0.00273. The summed E-state index contributed by atoms with van der Waals surface area (Å²) in [7, 11) is 4.16. The highest BCUT2D eigenvalue weighted by atomic mass is 79.9. The number of phenolic OH excluding ortho intramolecular Hbond substituents is 2. The first-order chi connectivity index (χ1) is 7.09.